The predicted molar refractivity (Wildman–Crippen MR) is 37.9 cm³/mol. The van der Waals surface area contributed by atoms with Gasteiger partial charge in [-0.2, -0.15) is 0 Å². The molecule has 0 amide bonds. The molecule has 0 aromatic heterocycles. The van der Waals surface area contributed by atoms with E-state index >= 15 is 0 Å². The lowest BCUT2D eigenvalue weighted by atomic mass is 9.83. The van der Waals surface area contributed by atoms with E-state index in [1.807, 2.05) is 0 Å². The normalized spacial score (nSPS) is 32.7. The van der Waals surface area contributed by atoms with Crippen LogP contribution in [0.3, 0.4) is 0 Å². The molecule has 0 aromatic carbocycles. The molecule has 0 radical (unpaired) electrons. The number of carboxylic acids is 2. The van der Waals surface area contributed by atoms with Crippen LogP contribution in [0.25, 0.3) is 0 Å². The molecule has 0 unspecified atom stereocenters. The maximum absolute atomic E-state index is 10.7. The fraction of sp³-hybridized carbons (Fsp3) is 0.571. The zero-order valence-corrected chi connectivity index (χ0v) is 6.81. The average molecular weight is 188 g/mol. The lowest BCUT2D eigenvalue weighted by Crippen LogP contribution is -2.41. The second-order valence-electron chi connectivity index (χ2n) is 3.11. The van der Waals surface area contributed by atoms with Crippen molar-refractivity contribution in [1.82, 2.24) is 0 Å². The van der Waals surface area contributed by atoms with Crippen LogP contribution in [0.2, 0.25) is 0 Å². The van der Waals surface area contributed by atoms with Crippen molar-refractivity contribution in [3.63, 3.8) is 0 Å². The summed E-state index contributed by atoms with van der Waals surface area (Å²) in [6.07, 6.45) is -1.99. The Morgan fingerprint density at radius 2 is 2.08 bits per heavy atom. The molecule has 2 atom stereocenters. The van der Waals surface area contributed by atoms with E-state index in [-0.39, 0.29) is 0 Å². The predicted octanol–water partition coefficient (Wildman–Crippen LogP) is -0.523. The number of hydrogen-bond donors (Lipinski definition) is 2. The molecule has 1 heterocycles. The number of ether oxygens (including phenoxy) is 1. The molecule has 1 aliphatic rings. The van der Waals surface area contributed by atoms with Crippen molar-refractivity contribution in [1.29, 1.82) is 0 Å². The standard InChI is InChI=1S/C7H8O6/c1-7(6(11)12)2-3(8)13-4(7)5(9)10/h4H,2H2,1H3,(H,9,10)(H,11,12)/t4-,7+/m1/s1. The Kier molecular flexibility index (Phi) is 1.99. The van der Waals surface area contributed by atoms with E-state index in [2.05, 4.69) is 4.74 Å². The summed E-state index contributed by atoms with van der Waals surface area (Å²) in [4.78, 5) is 31.9. The molecule has 0 spiro atoms. The molecule has 1 rings (SSSR count). The summed E-state index contributed by atoms with van der Waals surface area (Å²) < 4.78 is 4.38. The third-order valence-electron chi connectivity index (χ3n) is 2.05. The average Bonchev–Trinajstić information content (AvgIpc) is 2.27. The molecule has 6 heteroatoms. The van der Waals surface area contributed by atoms with Gasteiger partial charge in [-0.05, 0) is 6.92 Å². The molecule has 0 aromatic rings. The topological polar surface area (TPSA) is 101 Å². The summed E-state index contributed by atoms with van der Waals surface area (Å²) in [7, 11) is 0. The van der Waals surface area contributed by atoms with E-state index in [4.69, 9.17) is 10.2 Å². The molecule has 6 nitrogen and oxygen atoms in total. The molecular formula is C7H8O6. The van der Waals surface area contributed by atoms with Crippen molar-refractivity contribution in [3.8, 4) is 0 Å². The molecule has 72 valence electrons. The molecule has 0 bridgehead atoms. The number of esters is 1. The Morgan fingerprint density at radius 1 is 1.54 bits per heavy atom. The van der Waals surface area contributed by atoms with Crippen LogP contribution in [0.1, 0.15) is 13.3 Å². The molecule has 1 fully saturated rings. The summed E-state index contributed by atoms with van der Waals surface area (Å²) in [6.45, 7) is 1.18. The highest BCUT2D eigenvalue weighted by Crippen LogP contribution is 2.35. The molecule has 0 aliphatic carbocycles. The Bertz CT molecular complexity index is 283. The highest BCUT2D eigenvalue weighted by Gasteiger charge is 2.55. The number of carboxylic acid groups (broad SMARTS) is 2. The number of carbonyl (C=O) groups is 3. The zero-order chi connectivity index (χ0) is 10.2. The lowest BCUT2D eigenvalue weighted by molar-refractivity contribution is -0.166. The molecule has 1 saturated heterocycles. The minimum Gasteiger partial charge on any atom is -0.481 e. The van der Waals surface area contributed by atoms with Crippen molar-refractivity contribution in [3.05, 3.63) is 0 Å². The first-order chi connectivity index (χ1) is 5.88. The first-order valence-corrected chi connectivity index (χ1v) is 3.53. The van der Waals surface area contributed by atoms with Gasteiger partial charge in [-0.3, -0.25) is 9.59 Å². The van der Waals surface area contributed by atoms with E-state index in [0.717, 1.165) is 0 Å². The molecule has 2 N–H and O–H groups in total. The van der Waals surface area contributed by atoms with Crippen LogP contribution >= 0.6 is 0 Å². The second kappa shape index (κ2) is 2.72. The van der Waals surface area contributed by atoms with E-state index in [1.54, 1.807) is 0 Å². The number of aliphatic carboxylic acids is 2. The monoisotopic (exact) mass is 188 g/mol. The summed E-state index contributed by atoms with van der Waals surface area (Å²) in [6, 6.07) is 0. The van der Waals surface area contributed by atoms with Gasteiger partial charge in [0.2, 0.25) is 6.10 Å². The van der Waals surface area contributed by atoms with Gasteiger partial charge < -0.3 is 14.9 Å². The summed E-state index contributed by atoms with van der Waals surface area (Å²) in [5.74, 6) is -3.57. The van der Waals surface area contributed by atoms with Gasteiger partial charge in [-0.25, -0.2) is 4.79 Å². The summed E-state index contributed by atoms with van der Waals surface area (Å²) >= 11 is 0. The zero-order valence-electron chi connectivity index (χ0n) is 6.81. The quantitative estimate of drug-likeness (QED) is 0.565. The molecule has 1 aliphatic heterocycles. The van der Waals surface area contributed by atoms with Crippen LogP contribution in [-0.4, -0.2) is 34.2 Å². The third kappa shape index (κ3) is 1.34. The Labute approximate surface area is 73.1 Å². The van der Waals surface area contributed by atoms with Gasteiger partial charge in [0, 0.05) is 0 Å². The molecular weight excluding hydrogens is 180 g/mol. The van der Waals surface area contributed by atoms with Crippen LogP contribution in [0.15, 0.2) is 0 Å². The van der Waals surface area contributed by atoms with E-state index in [1.165, 1.54) is 6.92 Å². The van der Waals surface area contributed by atoms with Crippen LogP contribution in [-0.2, 0) is 19.1 Å². The number of hydrogen-bond acceptors (Lipinski definition) is 4. The summed E-state index contributed by atoms with van der Waals surface area (Å²) in [5.41, 5.74) is -1.65. The fourth-order valence-corrected chi connectivity index (χ4v) is 1.21. The first kappa shape index (κ1) is 9.50. The Morgan fingerprint density at radius 3 is 2.38 bits per heavy atom. The lowest BCUT2D eigenvalue weighted by Gasteiger charge is -2.19. The Balaban J connectivity index is 3.01. The summed E-state index contributed by atoms with van der Waals surface area (Å²) in [5, 5.41) is 17.3. The van der Waals surface area contributed by atoms with Crippen LogP contribution in [0.4, 0.5) is 0 Å². The van der Waals surface area contributed by atoms with Crippen LogP contribution in [0.5, 0.6) is 0 Å². The third-order valence-corrected chi connectivity index (χ3v) is 2.05. The number of cyclic esters (lactones) is 1. The maximum Gasteiger partial charge on any atom is 0.346 e. The number of carbonyl (C=O) groups excluding carboxylic acids is 1. The number of rotatable bonds is 2. The van der Waals surface area contributed by atoms with Crippen molar-refractivity contribution < 1.29 is 29.3 Å². The van der Waals surface area contributed by atoms with E-state index in [0.29, 0.717) is 0 Å². The van der Waals surface area contributed by atoms with E-state index in [9.17, 15) is 14.4 Å². The minimum absolute atomic E-state index is 0.403. The highest BCUT2D eigenvalue weighted by atomic mass is 16.6. The van der Waals surface area contributed by atoms with E-state index < -0.39 is 35.8 Å². The van der Waals surface area contributed by atoms with Gasteiger partial charge in [-0.15, -0.1) is 0 Å². The van der Waals surface area contributed by atoms with Gasteiger partial charge >= 0.3 is 17.9 Å². The van der Waals surface area contributed by atoms with Gasteiger partial charge in [0.05, 0.1) is 6.42 Å². The van der Waals surface area contributed by atoms with Gasteiger partial charge in [0.25, 0.3) is 0 Å². The van der Waals surface area contributed by atoms with Gasteiger partial charge in [0.1, 0.15) is 5.41 Å². The van der Waals surface area contributed by atoms with Crippen molar-refractivity contribution in [2.24, 2.45) is 5.41 Å². The first-order valence-electron chi connectivity index (χ1n) is 3.53. The second-order valence-corrected chi connectivity index (χ2v) is 3.11. The van der Waals surface area contributed by atoms with Crippen LogP contribution < -0.4 is 0 Å². The van der Waals surface area contributed by atoms with Gasteiger partial charge in [-0.1, -0.05) is 0 Å². The Hall–Kier alpha value is -1.59. The maximum atomic E-state index is 10.7. The fourth-order valence-electron chi connectivity index (χ4n) is 1.21. The smallest absolute Gasteiger partial charge is 0.346 e. The molecule has 13 heavy (non-hydrogen) atoms. The minimum atomic E-state index is -1.65. The van der Waals surface area contributed by atoms with Crippen molar-refractivity contribution in [2.45, 2.75) is 19.4 Å². The SMILES string of the molecule is C[C@]1(C(=O)O)CC(=O)O[C@@H]1C(=O)O. The van der Waals surface area contributed by atoms with Crippen molar-refractivity contribution >= 4 is 17.9 Å². The van der Waals surface area contributed by atoms with Gasteiger partial charge in [0.15, 0.2) is 0 Å². The highest BCUT2D eigenvalue weighted by molar-refractivity contribution is 5.93. The molecule has 0 saturated carbocycles. The largest absolute Gasteiger partial charge is 0.481 e. The van der Waals surface area contributed by atoms with Crippen LogP contribution in [0, 0.1) is 5.41 Å². The van der Waals surface area contributed by atoms with Crippen molar-refractivity contribution in [2.75, 3.05) is 0 Å².